The lowest BCUT2D eigenvalue weighted by Crippen LogP contribution is -2.13. The molecule has 0 fully saturated rings. The van der Waals surface area contributed by atoms with Gasteiger partial charge in [0, 0.05) is 0 Å². The van der Waals surface area contributed by atoms with Crippen molar-refractivity contribution in [2.75, 3.05) is 26.4 Å². The van der Waals surface area contributed by atoms with E-state index in [-0.39, 0.29) is 37.3 Å². The first-order valence-corrected chi connectivity index (χ1v) is 11.1. The van der Waals surface area contributed by atoms with Gasteiger partial charge in [0.1, 0.15) is 0 Å². The molecule has 0 saturated heterocycles. The zero-order valence-electron chi connectivity index (χ0n) is 14.5. The second kappa shape index (κ2) is 9.83. The van der Waals surface area contributed by atoms with Gasteiger partial charge in [-0.15, -0.1) is 0 Å². The zero-order chi connectivity index (χ0) is 18.2. The van der Waals surface area contributed by atoms with Crippen LogP contribution in [-0.2, 0) is 27.2 Å². The number of aliphatic hydroxyl groups excluding tert-OH is 1. The van der Waals surface area contributed by atoms with Gasteiger partial charge >= 0.3 is 15.2 Å². The van der Waals surface area contributed by atoms with Crippen molar-refractivity contribution in [3.63, 3.8) is 0 Å². The third-order valence-electron chi connectivity index (χ3n) is 3.00. The molecule has 0 aromatic heterocycles. The van der Waals surface area contributed by atoms with Crippen molar-refractivity contribution in [3.8, 4) is 0 Å². The summed E-state index contributed by atoms with van der Waals surface area (Å²) in [5.41, 5.74) is 0.261. The highest BCUT2D eigenvalue weighted by atomic mass is 31.2. The molecule has 0 aliphatic heterocycles. The van der Waals surface area contributed by atoms with E-state index in [1.165, 1.54) is 6.07 Å². The van der Waals surface area contributed by atoms with Gasteiger partial charge in [-0.3, -0.25) is 9.13 Å². The smallest absolute Gasteiger partial charge is 0.363 e. The molecular formula is C15H26O7P2. The second-order valence-corrected chi connectivity index (χ2v) is 8.79. The molecule has 1 N–H and O–H groups in total. The fourth-order valence-electron chi connectivity index (χ4n) is 2.10. The first-order chi connectivity index (χ1) is 11.4. The number of hydrogen-bond donors (Lipinski definition) is 1. The van der Waals surface area contributed by atoms with Crippen molar-refractivity contribution in [1.82, 2.24) is 0 Å². The summed E-state index contributed by atoms with van der Waals surface area (Å²) in [7, 11) is -7.25. The molecule has 0 aliphatic rings. The molecule has 0 amide bonds. The third kappa shape index (κ3) is 5.24. The van der Waals surface area contributed by atoms with Crippen molar-refractivity contribution >= 4 is 20.5 Å². The molecule has 1 aromatic carbocycles. The van der Waals surface area contributed by atoms with Gasteiger partial charge in [0.25, 0.3) is 0 Å². The van der Waals surface area contributed by atoms with Gasteiger partial charge in [0.15, 0.2) is 5.85 Å². The maximum atomic E-state index is 12.8. The van der Waals surface area contributed by atoms with Crippen LogP contribution in [0, 0.1) is 0 Å². The molecule has 138 valence electrons. The largest absolute Gasteiger partial charge is 0.376 e. The lowest BCUT2D eigenvalue weighted by Gasteiger charge is -2.23. The number of benzene rings is 1. The zero-order valence-corrected chi connectivity index (χ0v) is 16.3. The van der Waals surface area contributed by atoms with Crippen LogP contribution in [0.5, 0.6) is 0 Å². The Morgan fingerprint density at radius 2 is 1.42 bits per heavy atom. The Balaban J connectivity index is 3.23. The molecule has 9 heteroatoms. The fraction of sp³-hybridized carbons (Fsp3) is 0.600. The number of hydrogen-bond acceptors (Lipinski definition) is 7. The van der Waals surface area contributed by atoms with E-state index in [1.54, 1.807) is 45.9 Å². The number of aliphatic hydroxyl groups is 1. The maximum absolute atomic E-state index is 12.8. The average Bonchev–Trinajstić information content (AvgIpc) is 2.55. The molecule has 0 heterocycles. The van der Waals surface area contributed by atoms with Crippen molar-refractivity contribution in [2.24, 2.45) is 0 Å². The highest BCUT2D eigenvalue weighted by molar-refractivity contribution is 7.62. The summed E-state index contributed by atoms with van der Waals surface area (Å²) < 4.78 is 46.4. The molecule has 1 rings (SSSR count). The minimum Gasteiger partial charge on any atom is -0.376 e. The summed E-state index contributed by atoms with van der Waals surface area (Å²) in [6, 6.07) is 6.16. The van der Waals surface area contributed by atoms with E-state index in [9.17, 15) is 14.2 Å². The van der Waals surface area contributed by atoms with Crippen LogP contribution in [0.15, 0.2) is 24.3 Å². The van der Waals surface area contributed by atoms with Gasteiger partial charge in [0.05, 0.1) is 31.7 Å². The van der Waals surface area contributed by atoms with E-state index in [4.69, 9.17) is 18.1 Å². The van der Waals surface area contributed by atoms with E-state index in [0.29, 0.717) is 0 Å². The SMILES string of the molecule is CCOP(=O)(OCC)c1cccc(C(O)P(=O)(OCC)OCC)c1. The van der Waals surface area contributed by atoms with Gasteiger partial charge in [0.2, 0.25) is 0 Å². The van der Waals surface area contributed by atoms with Gasteiger partial charge in [-0.2, -0.15) is 0 Å². The van der Waals surface area contributed by atoms with Crippen molar-refractivity contribution < 1.29 is 32.3 Å². The molecule has 0 spiro atoms. The molecule has 0 bridgehead atoms. The summed E-state index contributed by atoms with van der Waals surface area (Å²) in [6.45, 7) is 7.42. The lowest BCUT2D eigenvalue weighted by molar-refractivity contribution is 0.150. The van der Waals surface area contributed by atoms with E-state index in [0.717, 1.165) is 0 Å². The Hall–Kier alpha value is -0.520. The predicted octanol–water partition coefficient (Wildman–Crippen LogP) is 3.84. The summed E-state index contributed by atoms with van der Waals surface area (Å²) in [5, 5.41) is 10.7. The topological polar surface area (TPSA) is 91.3 Å². The minimum absolute atomic E-state index is 0.129. The first-order valence-electron chi connectivity index (χ1n) is 7.93. The van der Waals surface area contributed by atoms with E-state index >= 15 is 0 Å². The van der Waals surface area contributed by atoms with Crippen LogP contribution in [-0.4, -0.2) is 31.5 Å². The van der Waals surface area contributed by atoms with Gasteiger partial charge < -0.3 is 23.2 Å². The van der Waals surface area contributed by atoms with Crippen LogP contribution >= 0.6 is 15.2 Å². The van der Waals surface area contributed by atoms with E-state index in [2.05, 4.69) is 0 Å². The quantitative estimate of drug-likeness (QED) is 0.583. The number of rotatable bonds is 11. The van der Waals surface area contributed by atoms with Crippen molar-refractivity contribution in [2.45, 2.75) is 33.5 Å². The second-order valence-electron chi connectivity index (χ2n) is 4.68. The summed E-state index contributed by atoms with van der Waals surface area (Å²) in [6.07, 6.45) is 0. The van der Waals surface area contributed by atoms with Crippen LogP contribution in [0.3, 0.4) is 0 Å². The highest BCUT2D eigenvalue weighted by Crippen LogP contribution is 2.59. The molecule has 24 heavy (non-hydrogen) atoms. The molecule has 7 nitrogen and oxygen atoms in total. The lowest BCUT2D eigenvalue weighted by atomic mass is 10.2. The Labute approximate surface area is 143 Å². The normalized spacial score (nSPS) is 13.9. The molecule has 0 saturated carbocycles. The predicted molar refractivity (Wildman–Crippen MR) is 92.8 cm³/mol. The van der Waals surface area contributed by atoms with Crippen molar-refractivity contribution in [3.05, 3.63) is 29.8 Å². The van der Waals surface area contributed by atoms with Gasteiger partial charge in [-0.05, 0) is 45.4 Å². The van der Waals surface area contributed by atoms with Crippen LogP contribution < -0.4 is 5.30 Å². The standard InChI is InChI=1S/C15H26O7P2/c1-5-19-23(17,20-6-2)14-11-9-10-13(12-14)15(16)24(18,21-7-3)22-8-4/h9-12,15-16H,5-8H2,1-4H3. The summed E-state index contributed by atoms with van der Waals surface area (Å²) in [5.74, 6) is -1.49. The van der Waals surface area contributed by atoms with Crippen LogP contribution in [0.1, 0.15) is 39.1 Å². The fourth-order valence-corrected chi connectivity index (χ4v) is 5.33. The Morgan fingerprint density at radius 1 is 0.917 bits per heavy atom. The third-order valence-corrected chi connectivity index (χ3v) is 7.24. The molecule has 0 aliphatic carbocycles. The van der Waals surface area contributed by atoms with Crippen LogP contribution in [0.2, 0.25) is 0 Å². The Morgan fingerprint density at radius 3 is 1.88 bits per heavy atom. The maximum Gasteiger partial charge on any atom is 0.363 e. The van der Waals surface area contributed by atoms with Gasteiger partial charge in [-0.25, -0.2) is 0 Å². The molecule has 0 radical (unpaired) electrons. The molecule has 1 atom stereocenters. The monoisotopic (exact) mass is 380 g/mol. The molecule has 1 aromatic rings. The summed E-state index contributed by atoms with van der Waals surface area (Å²) >= 11 is 0. The average molecular weight is 380 g/mol. The first kappa shape index (κ1) is 21.5. The Bertz CT molecular complexity index is 585. The minimum atomic E-state index is -3.75. The van der Waals surface area contributed by atoms with E-state index in [1.807, 2.05) is 0 Å². The van der Waals surface area contributed by atoms with Crippen LogP contribution in [0.4, 0.5) is 0 Å². The van der Waals surface area contributed by atoms with Gasteiger partial charge in [-0.1, -0.05) is 12.1 Å². The molecular weight excluding hydrogens is 354 g/mol. The Kier molecular flexibility index (Phi) is 8.82. The van der Waals surface area contributed by atoms with Crippen LogP contribution in [0.25, 0.3) is 0 Å². The molecule has 1 unspecified atom stereocenters. The van der Waals surface area contributed by atoms with E-state index < -0.39 is 21.0 Å². The summed E-state index contributed by atoms with van der Waals surface area (Å²) in [4.78, 5) is 0. The van der Waals surface area contributed by atoms with Crippen molar-refractivity contribution in [1.29, 1.82) is 0 Å². The highest BCUT2D eigenvalue weighted by Gasteiger charge is 2.36.